The van der Waals surface area contributed by atoms with Crippen molar-refractivity contribution < 1.29 is 17.2 Å². The van der Waals surface area contributed by atoms with E-state index in [0.717, 1.165) is 5.56 Å². The van der Waals surface area contributed by atoms with Crippen molar-refractivity contribution >= 4 is 21.4 Å². The number of halogens is 2. The number of nitrogens with two attached hydrogens (primary N) is 1. The van der Waals surface area contributed by atoms with Gasteiger partial charge in [-0.3, -0.25) is 4.72 Å². The summed E-state index contributed by atoms with van der Waals surface area (Å²) >= 11 is 0. The number of anilines is 2. The molecule has 0 aliphatic heterocycles. The van der Waals surface area contributed by atoms with E-state index < -0.39 is 15.8 Å². The van der Waals surface area contributed by atoms with E-state index in [2.05, 4.69) is 0 Å². The molecule has 3 N–H and O–H groups in total. The van der Waals surface area contributed by atoms with Gasteiger partial charge >= 0.3 is 5.76 Å². The maximum atomic E-state index is 12.1. The highest BCUT2D eigenvalue weighted by atomic mass is 32.2. The number of alkyl halides is 2. The molecule has 0 aliphatic rings. The van der Waals surface area contributed by atoms with Crippen LogP contribution < -0.4 is 10.5 Å². The molecule has 1 aromatic rings. The van der Waals surface area contributed by atoms with E-state index in [1.54, 1.807) is 10.8 Å². The summed E-state index contributed by atoms with van der Waals surface area (Å²) in [5, 5.41) is 0. The maximum Gasteiger partial charge on any atom is 0.355 e. The minimum Gasteiger partial charge on any atom is -0.398 e. The summed E-state index contributed by atoms with van der Waals surface area (Å²) in [6, 6.07) is 4.31. The van der Waals surface area contributed by atoms with Crippen LogP contribution in [-0.4, -0.2) is 14.2 Å². The van der Waals surface area contributed by atoms with E-state index in [0.29, 0.717) is 12.1 Å². The summed E-state index contributed by atoms with van der Waals surface area (Å²) in [5.41, 5.74) is 6.85. The van der Waals surface area contributed by atoms with E-state index in [9.17, 15) is 17.2 Å². The first-order valence-electron chi connectivity index (χ1n) is 4.55. The van der Waals surface area contributed by atoms with Crippen molar-refractivity contribution in [3.05, 3.63) is 23.8 Å². The van der Waals surface area contributed by atoms with Crippen molar-refractivity contribution in [3.63, 3.8) is 0 Å². The van der Waals surface area contributed by atoms with Crippen LogP contribution in [0.2, 0.25) is 0 Å². The molecule has 7 heteroatoms. The molecule has 1 aromatic carbocycles. The van der Waals surface area contributed by atoms with Crippen molar-refractivity contribution in [1.29, 1.82) is 0 Å². The van der Waals surface area contributed by atoms with Gasteiger partial charge in [-0.05, 0) is 24.1 Å². The molecule has 0 heterocycles. The predicted octanol–water partition coefficient (Wildman–Crippen LogP) is 1.80. The van der Waals surface area contributed by atoms with Gasteiger partial charge in [0.1, 0.15) is 0 Å². The van der Waals surface area contributed by atoms with Crippen LogP contribution in [0, 0.1) is 0 Å². The average molecular weight is 250 g/mol. The Labute approximate surface area is 92.5 Å². The van der Waals surface area contributed by atoms with Crippen LogP contribution in [0.1, 0.15) is 12.5 Å². The van der Waals surface area contributed by atoms with Gasteiger partial charge in [0.25, 0.3) is 10.0 Å². The molecule has 90 valence electrons. The molecule has 1 rings (SSSR count). The third-order valence-corrected chi connectivity index (χ3v) is 3.01. The lowest BCUT2D eigenvalue weighted by Gasteiger charge is -2.09. The SMILES string of the molecule is CCc1ccc(NS(=O)(=O)C(F)F)cc1N. The first-order chi connectivity index (χ1) is 7.36. The van der Waals surface area contributed by atoms with Crippen LogP contribution >= 0.6 is 0 Å². The number of aryl methyl sites for hydroxylation is 1. The molecule has 4 nitrogen and oxygen atoms in total. The van der Waals surface area contributed by atoms with E-state index in [4.69, 9.17) is 5.73 Å². The molecular formula is C9H12F2N2O2S. The molecule has 0 fully saturated rings. The molecule has 0 bridgehead atoms. The van der Waals surface area contributed by atoms with Crippen molar-refractivity contribution in [1.82, 2.24) is 0 Å². The van der Waals surface area contributed by atoms with Gasteiger partial charge in [-0.1, -0.05) is 13.0 Å². The first kappa shape index (κ1) is 12.7. The fourth-order valence-corrected chi connectivity index (χ4v) is 1.73. The Bertz CT molecular complexity index is 474. The minimum atomic E-state index is -4.63. The Kier molecular flexibility index (Phi) is 3.69. The summed E-state index contributed by atoms with van der Waals surface area (Å²) in [6.45, 7) is 1.88. The predicted molar refractivity (Wildman–Crippen MR) is 58.8 cm³/mol. The second-order valence-electron chi connectivity index (χ2n) is 3.17. The van der Waals surface area contributed by atoms with Gasteiger partial charge in [0, 0.05) is 5.69 Å². The molecule has 0 aliphatic carbocycles. The summed E-state index contributed by atoms with van der Waals surface area (Å²) in [6.07, 6.45) is 0.688. The maximum absolute atomic E-state index is 12.1. The topological polar surface area (TPSA) is 72.2 Å². The zero-order valence-corrected chi connectivity index (χ0v) is 9.39. The van der Waals surface area contributed by atoms with E-state index in [-0.39, 0.29) is 5.69 Å². The number of benzene rings is 1. The molecular weight excluding hydrogens is 238 g/mol. The quantitative estimate of drug-likeness (QED) is 0.800. The second-order valence-corrected chi connectivity index (χ2v) is 4.83. The number of hydrogen-bond donors (Lipinski definition) is 2. The van der Waals surface area contributed by atoms with Crippen molar-refractivity contribution in [3.8, 4) is 0 Å². The molecule has 0 saturated heterocycles. The van der Waals surface area contributed by atoms with Gasteiger partial charge in [-0.2, -0.15) is 8.78 Å². The van der Waals surface area contributed by atoms with Crippen LogP contribution in [0.25, 0.3) is 0 Å². The number of rotatable bonds is 4. The van der Waals surface area contributed by atoms with Gasteiger partial charge < -0.3 is 5.73 Å². The smallest absolute Gasteiger partial charge is 0.355 e. The van der Waals surface area contributed by atoms with Gasteiger partial charge in [-0.25, -0.2) is 8.42 Å². The number of nitrogen functional groups attached to an aromatic ring is 1. The van der Waals surface area contributed by atoms with Crippen LogP contribution in [0.4, 0.5) is 20.2 Å². The fourth-order valence-electron chi connectivity index (χ4n) is 1.19. The van der Waals surface area contributed by atoms with Crippen molar-refractivity contribution in [2.24, 2.45) is 0 Å². The highest BCUT2D eigenvalue weighted by Gasteiger charge is 2.23. The van der Waals surface area contributed by atoms with Crippen LogP contribution in [0.3, 0.4) is 0 Å². The van der Waals surface area contributed by atoms with Gasteiger partial charge in [0.15, 0.2) is 0 Å². The average Bonchev–Trinajstić information content (AvgIpc) is 2.17. The molecule has 0 radical (unpaired) electrons. The third-order valence-electron chi connectivity index (χ3n) is 2.02. The monoisotopic (exact) mass is 250 g/mol. The Morgan fingerprint density at radius 2 is 2.06 bits per heavy atom. The lowest BCUT2D eigenvalue weighted by atomic mass is 10.1. The Morgan fingerprint density at radius 3 is 2.50 bits per heavy atom. The van der Waals surface area contributed by atoms with Gasteiger partial charge in [0.05, 0.1) is 5.69 Å². The second kappa shape index (κ2) is 4.65. The Balaban J connectivity index is 2.96. The molecule has 0 saturated carbocycles. The highest BCUT2D eigenvalue weighted by molar-refractivity contribution is 7.93. The first-order valence-corrected chi connectivity index (χ1v) is 6.09. The van der Waals surface area contributed by atoms with Crippen molar-refractivity contribution in [2.75, 3.05) is 10.5 Å². The largest absolute Gasteiger partial charge is 0.398 e. The molecule has 0 aromatic heterocycles. The van der Waals surface area contributed by atoms with E-state index >= 15 is 0 Å². The molecule has 0 atom stereocenters. The van der Waals surface area contributed by atoms with Crippen molar-refractivity contribution in [2.45, 2.75) is 19.1 Å². The summed E-state index contributed by atoms with van der Waals surface area (Å²) in [7, 11) is -4.63. The summed E-state index contributed by atoms with van der Waals surface area (Å²) in [5.74, 6) is -3.46. The zero-order chi connectivity index (χ0) is 12.3. The highest BCUT2D eigenvalue weighted by Crippen LogP contribution is 2.20. The lowest BCUT2D eigenvalue weighted by Crippen LogP contribution is -2.20. The normalized spacial score (nSPS) is 11.8. The summed E-state index contributed by atoms with van der Waals surface area (Å²) < 4.78 is 47.6. The van der Waals surface area contributed by atoms with Gasteiger partial charge in [0.2, 0.25) is 0 Å². The van der Waals surface area contributed by atoms with Crippen LogP contribution in [-0.2, 0) is 16.4 Å². The van der Waals surface area contributed by atoms with E-state index in [1.165, 1.54) is 12.1 Å². The van der Waals surface area contributed by atoms with Crippen LogP contribution in [0.5, 0.6) is 0 Å². The minimum absolute atomic E-state index is 0.0370. The number of hydrogen-bond acceptors (Lipinski definition) is 3. The number of sulfonamides is 1. The van der Waals surface area contributed by atoms with E-state index in [1.807, 2.05) is 6.92 Å². The summed E-state index contributed by atoms with van der Waals surface area (Å²) in [4.78, 5) is 0. The Hall–Kier alpha value is -1.37. The molecule has 0 unspecified atom stereocenters. The zero-order valence-electron chi connectivity index (χ0n) is 8.57. The molecule has 0 amide bonds. The fraction of sp³-hybridized carbons (Fsp3) is 0.333. The standard InChI is InChI=1S/C9H12F2N2O2S/c1-2-6-3-4-7(5-8(6)12)13-16(14,15)9(10)11/h3-5,9,13H,2,12H2,1H3. The Morgan fingerprint density at radius 1 is 1.44 bits per heavy atom. The third kappa shape index (κ3) is 2.82. The molecule has 16 heavy (non-hydrogen) atoms. The van der Waals surface area contributed by atoms with Crippen LogP contribution in [0.15, 0.2) is 18.2 Å². The number of nitrogens with one attached hydrogen (secondary N) is 1. The lowest BCUT2D eigenvalue weighted by molar-refractivity contribution is 0.236. The molecule has 0 spiro atoms. The van der Waals surface area contributed by atoms with Gasteiger partial charge in [-0.15, -0.1) is 0 Å².